The maximum Gasteiger partial charge on any atom is 0.316 e. The number of hydrogen-bond donors (Lipinski definition) is 0. The van der Waals surface area contributed by atoms with Crippen LogP contribution < -0.4 is 0 Å². The molecule has 0 aliphatic carbocycles. The summed E-state index contributed by atoms with van der Waals surface area (Å²) in [7, 11) is 0. The van der Waals surface area contributed by atoms with Gasteiger partial charge in [-0.1, -0.05) is 51.1 Å². The number of carbonyl (C=O) groups excluding carboxylic acids is 1. The molecule has 1 fully saturated rings. The minimum absolute atomic E-state index is 0.000191. The van der Waals surface area contributed by atoms with E-state index in [1.165, 1.54) is 0 Å². The fraction of sp³-hybridized carbons (Fsp3) is 0.533. The zero-order valence-electron chi connectivity index (χ0n) is 11.0. The molecule has 2 nitrogen and oxygen atoms in total. The van der Waals surface area contributed by atoms with E-state index in [1.54, 1.807) is 0 Å². The maximum absolute atomic E-state index is 12.1. The fourth-order valence-corrected chi connectivity index (χ4v) is 2.28. The lowest BCUT2D eigenvalue weighted by atomic mass is 9.75. The predicted molar refractivity (Wildman–Crippen MR) is 67.7 cm³/mol. The van der Waals surface area contributed by atoms with Crippen LogP contribution in [0.2, 0.25) is 0 Å². The van der Waals surface area contributed by atoms with Crippen LogP contribution in [0.25, 0.3) is 0 Å². The third kappa shape index (κ3) is 2.08. The summed E-state index contributed by atoms with van der Waals surface area (Å²) >= 11 is 0. The highest BCUT2D eigenvalue weighted by atomic mass is 16.6. The summed E-state index contributed by atoms with van der Waals surface area (Å²) in [4.78, 5) is 12.1. The summed E-state index contributed by atoms with van der Waals surface area (Å²) in [5.74, 6) is -0.0939. The fourth-order valence-electron chi connectivity index (χ4n) is 2.28. The molecule has 2 rings (SSSR count). The van der Waals surface area contributed by atoms with Crippen molar-refractivity contribution in [2.24, 2.45) is 5.41 Å². The molecule has 0 radical (unpaired) electrons. The van der Waals surface area contributed by atoms with Crippen LogP contribution in [-0.2, 0) is 14.9 Å². The average Bonchev–Trinajstić information content (AvgIpc) is 2.58. The smallest absolute Gasteiger partial charge is 0.316 e. The second-order valence-electron chi connectivity index (χ2n) is 6.16. The normalized spacial score (nSPS) is 29.2. The van der Waals surface area contributed by atoms with Crippen LogP contribution in [0.5, 0.6) is 0 Å². The number of carbonyl (C=O) groups is 1. The lowest BCUT2D eigenvalue weighted by Gasteiger charge is -2.26. The zero-order valence-corrected chi connectivity index (χ0v) is 11.0. The van der Waals surface area contributed by atoms with Gasteiger partial charge in [-0.15, -0.1) is 0 Å². The highest BCUT2D eigenvalue weighted by Gasteiger charge is 2.49. The van der Waals surface area contributed by atoms with Crippen molar-refractivity contribution in [3.05, 3.63) is 35.9 Å². The van der Waals surface area contributed by atoms with E-state index >= 15 is 0 Å². The summed E-state index contributed by atoms with van der Waals surface area (Å²) in [5.41, 5.74) is 0.568. The monoisotopic (exact) mass is 232 g/mol. The van der Waals surface area contributed by atoms with Crippen LogP contribution in [0.4, 0.5) is 0 Å². The van der Waals surface area contributed by atoms with Crippen LogP contribution in [0.3, 0.4) is 0 Å². The lowest BCUT2D eigenvalue weighted by molar-refractivity contribution is -0.148. The maximum atomic E-state index is 12.1. The third-order valence-electron chi connectivity index (χ3n) is 3.67. The standard InChI is InChI=1S/C15H20O2/c1-14(2,3)12-10-15(4,13(16)17-12)11-8-6-5-7-9-11/h5-9,12H,10H2,1-4H3. The van der Waals surface area contributed by atoms with Gasteiger partial charge >= 0.3 is 5.97 Å². The molecule has 0 saturated carbocycles. The van der Waals surface area contributed by atoms with Gasteiger partial charge in [0.2, 0.25) is 0 Å². The van der Waals surface area contributed by atoms with Crippen LogP contribution in [0, 0.1) is 5.41 Å². The van der Waals surface area contributed by atoms with Gasteiger partial charge in [-0.05, 0) is 17.9 Å². The van der Waals surface area contributed by atoms with E-state index in [2.05, 4.69) is 20.8 Å². The van der Waals surface area contributed by atoms with Crippen LogP contribution in [-0.4, -0.2) is 12.1 Å². The van der Waals surface area contributed by atoms with Crippen molar-refractivity contribution in [1.82, 2.24) is 0 Å². The largest absolute Gasteiger partial charge is 0.461 e. The Kier molecular flexibility index (Phi) is 2.76. The number of esters is 1. The first kappa shape index (κ1) is 12.2. The van der Waals surface area contributed by atoms with E-state index in [0.717, 1.165) is 12.0 Å². The van der Waals surface area contributed by atoms with E-state index in [9.17, 15) is 4.79 Å². The van der Waals surface area contributed by atoms with E-state index < -0.39 is 5.41 Å². The van der Waals surface area contributed by atoms with Crippen molar-refractivity contribution >= 4 is 5.97 Å². The number of cyclic esters (lactones) is 1. The molecule has 2 heteroatoms. The summed E-state index contributed by atoms with van der Waals surface area (Å²) in [6, 6.07) is 9.92. The van der Waals surface area contributed by atoms with Gasteiger partial charge in [0.1, 0.15) is 6.10 Å². The number of ether oxygens (including phenoxy) is 1. The molecule has 92 valence electrons. The molecule has 1 aliphatic rings. The molecule has 1 heterocycles. The highest BCUT2D eigenvalue weighted by molar-refractivity contribution is 5.84. The Morgan fingerprint density at radius 1 is 1.24 bits per heavy atom. The minimum Gasteiger partial charge on any atom is -0.461 e. The first-order valence-electron chi connectivity index (χ1n) is 6.11. The van der Waals surface area contributed by atoms with Gasteiger partial charge < -0.3 is 4.74 Å². The molecule has 1 aromatic rings. The summed E-state index contributed by atoms with van der Waals surface area (Å²) < 4.78 is 5.56. The van der Waals surface area contributed by atoms with Crippen molar-refractivity contribution in [2.45, 2.75) is 45.6 Å². The first-order chi connectivity index (χ1) is 7.84. The lowest BCUT2D eigenvalue weighted by Crippen LogP contribution is -2.28. The number of hydrogen-bond acceptors (Lipinski definition) is 2. The Labute approximate surface area is 103 Å². The molecule has 0 N–H and O–H groups in total. The quantitative estimate of drug-likeness (QED) is 0.694. The molecule has 17 heavy (non-hydrogen) atoms. The Hall–Kier alpha value is -1.31. The molecular weight excluding hydrogens is 212 g/mol. The van der Waals surface area contributed by atoms with Gasteiger partial charge in [-0.25, -0.2) is 0 Å². The van der Waals surface area contributed by atoms with Crippen molar-refractivity contribution in [3.63, 3.8) is 0 Å². The van der Waals surface area contributed by atoms with Gasteiger partial charge in [0.15, 0.2) is 0 Å². The molecule has 0 aromatic heterocycles. The van der Waals surface area contributed by atoms with E-state index in [1.807, 2.05) is 37.3 Å². The van der Waals surface area contributed by atoms with Crippen LogP contribution in [0.1, 0.15) is 39.7 Å². The molecular formula is C15H20O2. The summed E-state index contributed by atoms with van der Waals surface area (Å²) in [6.07, 6.45) is 0.763. The second kappa shape index (κ2) is 3.86. The van der Waals surface area contributed by atoms with E-state index in [0.29, 0.717) is 0 Å². The third-order valence-corrected chi connectivity index (χ3v) is 3.67. The Bertz CT molecular complexity index is 416. The van der Waals surface area contributed by atoms with Crippen molar-refractivity contribution < 1.29 is 9.53 Å². The average molecular weight is 232 g/mol. The molecule has 0 spiro atoms. The van der Waals surface area contributed by atoms with Crippen molar-refractivity contribution in [2.75, 3.05) is 0 Å². The van der Waals surface area contributed by atoms with Crippen molar-refractivity contribution in [1.29, 1.82) is 0 Å². The van der Waals surface area contributed by atoms with Gasteiger partial charge in [-0.3, -0.25) is 4.79 Å². The van der Waals surface area contributed by atoms with Crippen LogP contribution >= 0.6 is 0 Å². The molecule has 2 unspecified atom stereocenters. The zero-order chi connectivity index (χ0) is 12.7. The Balaban J connectivity index is 2.32. The predicted octanol–water partition coefficient (Wildman–Crippen LogP) is 3.31. The van der Waals surface area contributed by atoms with E-state index in [4.69, 9.17) is 4.74 Å². The summed E-state index contributed by atoms with van der Waals surface area (Å²) in [6.45, 7) is 8.32. The van der Waals surface area contributed by atoms with Gasteiger partial charge in [0.05, 0.1) is 5.41 Å². The molecule has 0 amide bonds. The summed E-state index contributed by atoms with van der Waals surface area (Å²) in [5, 5.41) is 0. The SMILES string of the molecule is CC1(c2ccccc2)CC(C(C)(C)C)OC1=O. The van der Waals surface area contributed by atoms with Crippen molar-refractivity contribution in [3.8, 4) is 0 Å². The van der Waals surface area contributed by atoms with E-state index in [-0.39, 0.29) is 17.5 Å². The van der Waals surface area contributed by atoms with Crippen LogP contribution in [0.15, 0.2) is 30.3 Å². The molecule has 1 aromatic carbocycles. The Morgan fingerprint density at radius 3 is 2.29 bits per heavy atom. The molecule has 0 bridgehead atoms. The number of rotatable bonds is 1. The first-order valence-corrected chi connectivity index (χ1v) is 6.11. The highest BCUT2D eigenvalue weighted by Crippen LogP contribution is 2.42. The second-order valence-corrected chi connectivity index (χ2v) is 6.16. The van der Waals surface area contributed by atoms with Gasteiger partial charge in [0, 0.05) is 6.42 Å². The molecule has 1 saturated heterocycles. The molecule has 2 atom stereocenters. The topological polar surface area (TPSA) is 26.3 Å². The number of benzene rings is 1. The molecule has 1 aliphatic heterocycles. The van der Waals surface area contributed by atoms with Gasteiger partial charge in [0.25, 0.3) is 0 Å². The Morgan fingerprint density at radius 2 is 1.82 bits per heavy atom. The minimum atomic E-state index is -0.487. The van der Waals surface area contributed by atoms with Gasteiger partial charge in [-0.2, -0.15) is 0 Å².